The molecule has 0 atom stereocenters. The Kier molecular flexibility index (Phi) is 6.14. The molecule has 28 heavy (non-hydrogen) atoms. The predicted molar refractivity (Wildman–Crippen MR) is 108 cm³/mol. The predicted octanol–water partition coefficient (Wildman–Crippen LogP) is 3.35. The van der Waals surface area contributed by atoms with Crippen LogP contribution in [0, 0.1) is 0 Å². The average Bonchev–Trinajstić information content (AvgIpc) is 2.67. The van der Waals surface area contributed by atoms with Crippen molar-refractivity contribution >= 4 is 11.9 Å². The van der Waals surface area contributed by atoms with E-state index in [4.69, 9.17) is 14.5 Å². The molecular formula is C21H28N4O3. The minimum Gasteiger partial charge on any atom is -0.444 e. The molecule has 1 aliphatic heterocycles. The average molecular weight is 384 g/mol. The van der Waals surface area contributed by atoms with Crippen molar-refractivity contribution in [1.82, 2.24) is 14.9 Å². The number of nitrogens with zero attached hydrogens (tertiary/aromatic N) is 4. The highest BCUT2D eigenvalue weighted by atomic mass is 16.6. The van der Waals surface area contributed by atoms with E-state index in [1.807, 2.05) is 51.1 Å². The van der Waals surface area contributed by atoms with E-state index in [0.29, 0.717) is 38.6 Å². The Morgan fingerprint density at radius 1 is 1.14 bits per heavy atom. The van der Waals surface area contributed by atoms with Crippen LogP contribution in [0.15, 0.2) is 36.5 Å². The van der Waals surface area contributed by atoms with Crippen LogP contribution in [0.3, 0.4) is 0 Å². The maximum atomic E-state index is 12.2. The number of benzene rings is 1. The molecule has 0 unspecified atom stereocenters. The summed E-state index contributed by atoms with van der Waals surface area (Å²) in [6, 6.07) is 9.96. The quantitative estimate of drug-likeness (QED) is 0.805. The molecule has 0 saturated carbocycles. The molecule has 1 saturated heterocycles. The summed E-state index contributed by atoms with van der Waals surface area (Å²) in [5.74, 6) is 1.55. The second-order valence-electron chi connectivity index (χ2n) is 7.83. The van der Waals surface area contributed by atoms with E-state index < -0.39 is 5.60 Å². The fraction of sp³-hybridized carbons (Fsp3) is 0.476. The second kappa shape index (κ2) is 8.56. The third-order valence-electron chi connectivity index (χ3n) is 4.39. The molecule has 1 aromatic heterocycles. The number of methoxy groups -OCH3 is 1. The van der Waals surface area contributed by atoms with E-state index in [1.54, 1.807) is 18.2 Å². The number of amides is 1. The molecule has 0 bridgehead atoms. The van der Waals surface area contributed by atoms with Crippen molar-refractivity contribution in [1.29, 1.82) is 0 Å². The van der Waals surface area contributed by atoms with Crippen LogP contribution < -0.4 is 4.90 Å². The number of hydrogen-bond acceptors (Lipinski definition) is 6. The second-order valence-corrected chi connectivity index (χ2v) is 7.83. The van der Waals surface area contributed by atoms with Crippen molar-refractivity contribution < 1.29 is 14.3 Å². The molecule has 2 aromatic rings. The zero-order chi connectivity index (χ0) is 20.1. The number of aromatic nitrogens is 2. The van der Waals surface area contributed by atoms with Gasteiger partial charge in [0.05, 0.1) is 6.61 Å². The van der Waals surface area contributed by atoms with Crippen molar-refractivity contribution in [2.75, 3.05) is 38.2 Å². The number of carbonyl (C=O) groups excluding carboxylic acids is 1. The van der Waals surface area contributed by atoms with Gasteiger partial charge in [0.25, 0.3) is 0 Å². The highest BCUT2D eigenvalue weighted by Gasteiger charge is 2.26. The van der Waals surface area contributed by atoms with Gasteiger partial charge < -0.3 is 19.3 Å². The standard InChI is InChI=1S/C21H28N4O3/c1-21(2,3)28-20(26)25-12-10-24(11-13-25)18-8-9-22-19(23-18)17-7-5-6-16(14-17)15-27-4/h5-9,14H,10-13,15H2,1-4H3. The van der Waals surface area contributed by atoms with Gasteiger partial charge in [-0.3, -0.25) is 0 Å². The molecule has 7 heteroatoms. The summed E-state index contributed by atoms with van der Waals surface area (Å²) >= 11 is 0. The number of ether oxygens (including phenoxy) is 2. The van der Waals surface area contributed by atoms with Crippen LogP contribution in [0.5, 0.6) is 0 Å². The van der Waals surface area contributed by atoms with Crippen LogP contribution in [0.25, 0.3) is 11.4 Å². The minimum atomic E-state index is -0.479. The van der Waals surface area contributed by atoms with Crippen LogP contribution in [0.2, 0.25) is 0 Å². The highest BCUT2D eigenvalue weighted by molar-refractivity contribution is 5.68. The Morgan fingerprint density at radius 2 is 1.89 bits per heavy atom. The van der Waals surface area contributed by atoms with E-state index in [2.05, 4.69) is 9.88 Å². The summed E-state index contributed by atoms with van der Waals surface area (Å²) in [6.45, 7) is 8.83. The molecule has 1 amide bonds. The van der Waals surface area contributed by atoms with Crippen molar-refractivity contribution in [2.45, 2.75) is 33.0 Å². The maximum Gasteiger partial charge on any atom is 0.410 e. The lowest BCUT2D eigenvalue weighted by molar-refractivity contribution is 0.0240. The molecule has 1 aromatic carbocycles. The fourth-order valence-electron chi connectivity index (χ4n) is 3.08. The van der Waals surface area contributed by atoms with Gasteiger partial charge in [-0.05, 0) is 38.5 Å². The third kappa shape index (κ3) is 5.19. The van der Waals surface area contributed by atoms with Gasteiger partial charge in [0, 0.05) is 45.0 Å². The molecule has 0 aliphatic carbocycles. The van der Waals surface area contributed by atoms with E-state index >= 15 is 0 Å². The molecular weight excluding hydrogens is 356 g/mol. The molecule has 0 spiro atoms. The van der Waals surface area contributed by atoms with Crippen molar-refractivity contribution in [3.05, 3.63) is 42.1 Å². The lowest BCUT2D eigenvalue weighted by atomic mass is 10.1. The number of carbonyl (C=O) groups is 1. The molecule has 7 nitrogen and oxygen atoms in total. The van der Waals surface area contributed by atoms with Crippen LogP contribution in [0.1, 0.15) is 26.3 Å². The number of rotatable bonds is 4. The molecule has 1 aliphatic rings. The van der Waals surface area contributed by atoms with E-state index in [1.165, 1.54) is 0 Å². The summed E-state index contributed by atoms with van der Waals surface area (Å²) < 4.78 is 10.7. The molecule has 3 rings (SSSR count). The van der Waals surface area contributed by atoms with Crippen LogP contribution in [0.4, 0.5) is 10.6 Å². The summed E-state index contributed by atoms with van der Waals surface area (Å²) in [5, 5.41) is 0. The Hall–Kier alpha value is -2.67. The Bertz CT molecular complexity index is 811. The first-order chi connectivity index (χ1) is 13.4. The van der Waals surface area contributed by atoms with Crippen LogP contribution in [-0.4, -0.2) is 59.9 Å². The molecule has 150 valence electrons. The van der Waals surface area contributed by atoms with Crippen molar-refractivity contribution in [3.8, 4) is 11.4 Å². The number of anilines is 1. The Labute approximate surface area is 166 Å². The monoisotopic (exact) mass is 384 g/mol. The molecule has 1 fully saturated rings. The number of piperazine rings is 1. The van der Waals surface area contributed by atoms with E-state index in [-0.39, 0.29) is 6.09 Å². The van der Waals surface area contributed by atoms with Crippen molar-refractivity contribution in [2.24, 2.45) is 0 Å². The molecule has 0 N–H and O–H groups in total. The summed E-state index contributed by atoms with van der Waals surface area (Å²) in [5.41, 5.74) is 1.57. The zero-order valence-electron chi connectivity index (χ0n) is 17.0. The lowest BCUT2D eigenvalue weighted by Crippen LogP contribution is -2.50. The summed E-state index contributed by atoms with van der Waals surface area (Å²) in [6.07, 6.45) is 1.52. The first-order valence-corrected chi connectivity index (χ1v) is 9.50. The first kappa shape index (κ1) is 20.1. The van der Waals surface area contributed by atoms with Gasteiger partial charge in [-0.25, -0.2) is 14.8 Å². The van der Waals surface area contributed by atoms with Gasteiger partial charge in [-0.2, -0.15) is 0 Å². The van der Waals surface area contributed by atoms with Gasteiger partial charge in [0.1, 0.15) is 11.4 Å². The van der Waals surface area contributed by atoms with Crippen molar-refractivity contribution in [3.63, 3.8) is 0 Å². The topological polar surface area (TPSA) is 67.8 Å². The maximum absolute atomic E-state index is 12.2. The minimum absolute atomic E-state index is 0.259. The number of hydrogen-bond donors (Lipinski definition) is 0. The first-order valence-electron chi connectivity index (χ1n) is 9.50. The van der Waals surface area contributed by atoms with Gasteiger partial charge in [0.15, 0.2) is 5.82 Å². The largest absolute Gasteiger partial charge is 0.444 e. The highest BCUT2D eigenvalue weighted by Crippen LogP contribution is 2.21. The fourth-order valence-corrected chi connectivity index (χ4v) is 3.08. The SMILES string of the molecule is COCc1cccc(-c2nccc(N3CCN(C(=O)OC(C)(C)C)CC3)n2)c1. The van der Waals surface area contributed by atoms with E-state index in [0.717, 1.165) is 16.9 Å². The van der Waals surface area contributed by atoms with Gasteiger partial charge >= 0.3 is 6.09 Å². The molecule has 2 heterocycles. The van der Waals surface area contributed by atoms with Gasteiger partial charge in [0.2, 0.25) is 0 Å². The third-order valence-corrected chi connectivity index (χ3v) is 4.39. The normalized spacial score (nSPS) is 14.9. The lowest BCUT2D eigenvalue weighted by Gasteiger charge is -2.36. The smallest absolute Gasteiger partial charge is 0.410 e. The van der Waals surface area contributed by atoms with Gasteiger partial charge in [-0.1, -0.05) is 18.2 Å². The van der Waals surface area contributed by atoms with Gasteiger partial charge in [-0.15, -0.1) is 0 Å². The Morgan fingerprint density at radius 3 is 2.57 bits per heavy atom. The summed E-state index contributed by atoms with van der Waals surface area (Å²) in [4.78, 5) is 25.3. The zero-order valence-corrected chi connectivity index (χ0v) is 17.0. The van der Waals surface area contributed by atoms with Crippen LogP contribution >= 0.6 is 0 Å². The van der Waals surface area contributed by atoms with E-state index in [9.17, 15) is 4.79 Å². The Balaban J connectivity index is 1.67. The summed E-state index contributed by atoms with van der Waals surface area (Å²) in [7, 11) is 1.68. The van der Waals surface area contributed by atoms with Crippen LogP contribution in [-0.2, 0) is 16.1 Å². The molecule has 0 radical (unpaired) electrons.